The molecule has 0 bridgehead atoms. The largest absolute Gasteiger partial charge is 0.409 e. The number of aromatic nitrogens is 4. The first-order valence-electron chi connectivity index (χ1n) is 5.95. The molecule has 3 N–H and O–H groups in total. The molecule has 2 heterocycles. The molecule has 0 spiro atoms. The van der Waals surface area contributed by atoms with Crippen molar-refractivity contribution in [1.82, 2.24) is 20.0 Å². The van der Waals surface area contributed by atoms with E-state index in [9.17, 15) is 0 Å². The number of aryl methyl sites for hydroxylation is 1. The second-order valence-corrected chi connectivity index (χ2v) is 4.17. The summed E-state index contributed by atoms with van der Waals surface area (Å²) in [5, 5.41) is 24.2. The monoisotopic (exact) mass is 260 g/mol. The zero-order valence-electron chi connectivity index (χ0n) is 11.1. The molecule has 0 saturated heterocycles. The van der Waals surface area contributed by atoms with Crippen molar-refractivity contribution in [2.24, 2.45) is 10.9 Å². The molecule has 0 amide bonds. The van der Waals surface area contributed by atoms with Gasteiger partial charge in [-0.05, 0) is 31.9 Å². The second kappa shape index (κ2) is 5.05. The van der Waals surface area contributed by atoms with Crippen LogP contribution in [0.25, 0.3) is 5.82 Å². The van der Waals surface area contributed by atoms with Gasteiger partial charge in [0.15, 0.2) is 11.7 Å². The number of rotatable bonds is 3. The lowest BCUT2D eigenvalue weighted by Gasteiger charge is -2.07. The van der Waals surface area contributed by atoms with Crippen molar-refractivity contribution in [2.75, 3.05) is 0 Å². The fourth-order valence-electron chi connectivity index (χ4n) is 2.13. The van der Waals surface area contributed by atoms with E-state index >= 15 is 0 Å². The van der Waals surface area contributed by atoms with Gasteiger partial charge in [-0.25, -0.2) is 4.68 Å². The third-order valence-electron chi connectivity index (χ3n) is 3.08. The Balaban J connectivity index is 2.66. The molecular weight excluding hydrogens is 244 g/mol. The van der Waals surface area contributed by atoms with E-state index < -0.39 is 0 Å². The minimum absolute atomic E-state index is 0.0181. The van der Waals surface area contributed by atoms with Crippen molar-refractivity contribution in [3.05, 3.63) is 34.8 Å². The molecule has 0 atom stereocenters. The van der Waals surface area contributed by atoms with E-state index in [-0.39, 0.29) is 5.84 Å². The molecule has 100 valence electrons. The first-order valence-corrected chi connectivity index (χ1v) is 5.95. The minimum Gasteiger partial charge on any atom is -0.409 e. The number of oxime groups is 1. The predicted octanol–water partition coefficient (Wildman–Crippen LogP) is 0.936. The highest BCUT2D eigenvalue weighted by atomic mass is 16.4. The molecule has 7 heteroatoms. The Kier molecular flexibility index (Phi) is 3.46. The van der Waals surface area contributed by atoms with Crippen LogP contribution in [-0.2, 0) is 6.42 Å². The number of hydrogen-bond donors (Lipinski definition) is 2. The highest BCUT2D eigenvalue weighted by Gasteiger charge is 2.17. The van der Waals surface area contributed by atoms with Gasteiger partial charge in [0.05, 0.1) is 17.5 Å². The van der Waals surface area contributed by atoms with Crippen molar-refractivity contribution in [3.63, 3.8) is 0 Å². The average molecular weight is 260 g/mol. The third kappa shape index (κ3) is 2.14. The maximum absolute atomic E-state index is 8.82. The molecule has 0 aliphatic heterocycles. The standard InChI is InChI=1S/C12H16N6O/c1-4-9-7(2)16-18(8(9)3)12-10(11(13)17-19)5-6-14-15-12/h5-6,19H,4H2,1-3H3,(H2,13,17). The number of amidine groups is 1. The molecule has 0 aliphatic carbocycles. The van der Waals surface area contributed by atoms with Crippen molar-refractivity contribution in [1.29, 1.82) is 0 Å². The van der Waals surface area contributed by atoms with Crippen LogP contribution < -0.4 is 5.73 Å². The fourth-order valence-corrected chi connectivity index (χ4v) is 2.13. The van der Waals surface area contributed by atoms with E-state index in [2.05, 4.69) is 27.4 Å². The normalized spacial score (nSPS) is 11.8. The van der Waals surface area contributed by atoms with Crippen LogP contribution in [0.2, 0.25) is 0 Å². The molecule has 0 saturated carbocycles. The van der Waals surface area contributed by atoms with Crippen LogP contribution in [0, 0.1) is 13.8 Å². The van der Waals surface area contributed by atoms with E-state index in [1.54, 1.807) is 10.7 Å². The Morgan fingerprint density at radius 1 is 1.47 bits per heavy atom. The van der Waals surface area contributed by atoms with E-state index in [0.29, 0.717) is 11.4 Å². The maximum atomic E-state index is 8.82. The lowest BCUT2D eigenvalue weighted by Crippen LogP contribution is -2.18. The Morgan fingerprint density at radius 2 is 2.21 bits per heavy atom. The van der Waals surface area contributed by atoms with Gasteiger partial charge in [-0.3, -0.25) is 0 Å². The molecule has 0 aliphatic rings. The van der Waals surface area contributed by atoms with Gasteiger partial charge in [-0.2, -0.15) is 10.2 Å². The Labute approximate surface area is 110 Å². The Hall–Kier alpha value is -2.44. The summed E-state index contributed by atoms with van der Waals surface area (Å²) in [7, 11) is 0. The first kappa shape index (κ1) is 13.0. The molecule has 2 aromatic rings. The maximum Gasteiger partial charge on any atom is 0.187 e. The third-order valence-corrected chi connectivity index (χ3v) is 3.08. The van der Waals surface area contributed by atoms with Crippen LogP contribution >= 0.6 is 0 Å². The van der Waals surface area contributed by atoms with E-state index in [1.165, 1.54) is 6.20 Å². The van der Waals surface area contributed by atoms with Gasteiger partial charge in [0.25, 0.3) is 0 Å². The summed E-state index contributed by atoms with van der Waals surface area (Å²) in [5.41, 5.74) is 9.23. The topological polar surface area (TPSA) is 102 Å². The summed E-state index contributed by atoms with van der Waals surface area (Å²) >= 11 is 0. The zero-order chi connectivity index (χ0) is 14.0. The summed E-state index contributed by atoms with van der Waals surface area (Å²) in [4.78, 5) is 0. The van der Waals surface area contributed by atoms with Crippen LogP contribution in [0.1, 0.15) is 29.4 Å². The van der Waals surface area contributed by atoms with Crippen molar-refractivity contribution in [3.8, 4) is 5.82 Å². The van der Waals surface area contributed by atoms with Crippen LogP contribution in [-0.4, -0.2) is 31.0 Å². The molecule has 19 heavy (non-hydrogen) atoms. The van der Waals surface area contributed by atoms with Gasteiger partial charge in [0.1, 0.15) is 0 Å². The number of nitrogens with zero attached hydrogens (tertiary/aromatic N) is 5. The Morgan fingerprint density at radius 3 is 2.79 bits per heavy atom. The minimum atomic E-state index is -0.0181. The summed E-state index contributed by atoms with van der Waals surface area (Å²) in [6, 6.07) is 1.64. The molecular formula is C12H16N6O. The molecule has 0 unspecified atom stereocenters. The van der Waals surface area contributed by atoms with Gasteiger partial charge < -0.3 is 10.9 Å². The second-order valence-electron chi connectivity index (χ2n) is 4.17. The fraction of sp³-hybridized carbons (Fsp3) is 0.333. The summed E-state index contributed by atoms with van der Waals surface area (Å²) in [5.74, 6) is 0.439. The lowest BCUT2D eigenvalue weighted by atomic mass is 10.1. The molecule has 2 rings (SSSR count). The highest BCUT2D eigenvalue weighted by Crippen LogP contribution is 2.18. The van der Waals surface area contributed by atoms with Gasteiger partial charge in [0.2, 0.25) is 0 Å². The van der Waals surface area contributed by atoms with E-state index in [1.807, 2.05) is 13.8 Å². The summed E-state index contributed by atoms with van der Waals surface area (Å²) < 4.78 is 1.68. The predicted molar refractivity (Wildman–Crippen MR) is 70.5 cm³/mol. The lowest BCUT2D eigenvalue weighted by molar-refractivity contribution is 0.318. The van der Waals surface area contributed by atoms with Crippen molar-refractivity contribution < 1.29 is 5.21 Å². The van der Waals surface area contributed by atoms with Crippen LogP contribution in [0.5, 0.6) is 0 Å². The summed E-state index contributed by atoms with van der Waals surface area (Å²) in [6.07, 6.45) is 2.38. The van der Waals surface area contributed by atoms with Crippen molar-refractivity contribution >= 4 is 5.84 Å². The van der Waals surface area contributed by atoms with Crippen LogP contribution in [0.15, 0.2) is 17.4 Å². The first-order chi connectivity index (χ1) is 9.10. The molecule has 0 aromatic carbocycles. The smallest absolute Gasteiger partial charge is 0.187 e. The number of hydrogen-bond acceptors (Lipinski definition) is 5. The quantitative estimate of drug-likeness (QED) is 0.370. The molecule has 2 aromatic heterocycles. The SMILES string of the molecule is CCc1c(C)nn(-c2nnccc2/C(N)=N/O)c1C. The Bertz CT molecular complexity index is 631. The molecule has 0 radical (unpaired) electrons. The van der Waals surface area contributed by atoms with Gasteiger partial charge in [0, 0.05) is 5.69 Å². The van der Waals surface area contributed by atoms with E-state index in [0.717, 1.165) is 23.4 Å². The van der Waals surface area contributed by atoms with E-state index in [4.69, 9.17) is 10.9 Å². The van der Waals surface area contributed by atoms with Gasteiger partial charge in [-0.1, -0.05) is 12.1 Å². The molecule has 7 nitrogen and oxygen atoms in total. The van der Waals surface area contributed by atoms with Crippen LogP contribution in [0.4, 0.5) is 0 Å². The molecule has 0 fully saturated rings. The average Bonchev–Trinajstić information content (AvgIpc) is 2.72. The van der Waals surface area contributed by atoms with Gasteiger partial charge in [-0.15, -0.1) is 5.10 Å². The van der Waals surface area contributed by atoms with Gasteiger partial charge >= 0.3 is 0 Å². The van der Waals surface area contributed by atoms with Crippen LogP contribution in [0.3, 0.4) is 0 Å². The zero-order valence-corrected chi connectivity index (χ0v) is 11.1. The van der Waals surface area contributed by atoms with Crippen molar-refractivity contribution in [2.45, 2.75) is 27.2 Å². The summed E-state index contributed by atoms with van der Waals surface area (Å²) in [6.45, 7) is 5.98. The highest BCUT2D eigenvalue weighted by molar-refractivity contribution is 5.99. The number of nitrogens with two attached hydrogens (primary N) is 1.